The van der Waals surface area contributed by atoms with Crippen molar-refractivity contribution in [3.8, 4) is 0 Å². The molecule has 2 aliphatic rings. The van der Waals surface area contributed by atoms with Crippen molar-refractivity contribution in [2.45, 2.75) is 53.1 Å². The molecule has 2 saturated heterocycles. The number of pyridine rings is 1. The van der Waals surface area contributed by atoms with E-state index in [4.69, 9.17) is 4.74 Å². The first-order valence-electron chi connectivity index (χ1n) is 14.5. The van der Waals surface area contributed by atoms with Gasteiger partial charge in [0.2, 0.25) is 0 Å². The van der Waals surface area contributed by atoms with Gasteiger partial charge in [-0.2, -0.15) is 10.2 Å². The maximum absolute atomic E-state index is 13.2. The lowest BCUT2D eigenvalue weighted by Crippen LogP contribution is -2.59. The van der Waals surface area contributed by atoms with Crippen molar-refractivity contribution in [1.29, 1.82) is 0 Å². The van der Waals surface area contributed by atoms with Crippen molar-refractivity contribution in [3.63, 3.8) is 0 Å². The molecular formula is C31H32N8O3S2. The van der Waals surface area contributed by atoms with Gasteiger partial charge in [0, 0.05) is 36.5 Å². The van der Waals surface area contributed by atoms with E-state index >= 15 is 0 Å². The van der Waals surface area contributed by atoms with Crippen LogP contribution in [0.4, 0.5) is 5.69 Å². The molecule has 226 valence electrons. The molecule has 2 aliphatic heterocycles. The highest BCUT2D eigenvalue weighted by Crippen LogP contribution is 2.35. The van der Waals surface area contributed by atoms with Crippen molar-refractivity contribution in [1.82, 2.24) is 36.0 Å². The van der Waals surface area contributed by atoms with Gasteiger partial charge < -0.3 is 20.3 Å². The number of aromatic nitrogens is 5. The fraction of sp³-hybridized carbons (Fsp3) is 0.387. The average Bonchev–Trinajstić information content (AvgIpc) is 3.48. The maximum atomic E-state index is 13.2. The number of hydrogen-bond acceptors (Lipinski definition) is 11. The average molecular weight is 629 g/mol. The predicted molar refractivity (Wildman–Crippen MR) is 171 cm³/mol. The largest absolute Gasteiger partial charge is 0.377 e. The van der Waals surface area contributed by atoms with Gasteiger partial charge in [-0.15, -0.1) is 32.9 Å². The molecule has 0 unspecified atom stereocenters. The van der Waals surface area contributed by atoms with E-state index in [0.717, 1.165) is 65.3 Å². The van der Waals surface area contributed by atoms with Crippen LogP contribution in [0.3, 0.4) is 0 Å². The number of nitrogens with zero attached hydrogens (tertiary/aromatic N) is 6. The summed E-state index contributed by atoms with van der Waals surface area (Å²) in [6, 6.07) is 2.24. The number of aryl methyl sites for hydroxylation is 5. The summed E-state index contributed by atoms with van der Waals surface area (Å²) in [5, 5.41) is 25.6. The number of thiophene rings is 2. The highest BCUT2D eigenvalue weighted by atomic mass is 32.1. The number of carbonyl (C=O) groups excluding carboxylic acids is 2. The Hall–Kier alpha value is -4.07. The third-order valence-corrected chi connectivity index (χ3v) is 11.0. The minimum absolute atomic E-state index is 0.0421. The Balaban J connectivity index is 1.05. The Bertz CT molecular complexity index is 1960. The first-order chi connectivity index (χ1) is 21.2. The molecule has 11 nitrogen and oxygen atoms in total. The number of fused-ring (bicyclic) bond motifs is 2. The van der Waals surface area contributed by atoms with E-state index in [9.17, 15) is 9.59 Å². The zero-order chi connectivity index (χ0) is 30.7. The van der Waals surface area contributed by atoms with Crippen LogP contribution >= 0.6 is 22.7 Å². The molecule has 0 saturated carbocycles. The molecule has 7 rings (SSSR count). The molecule has 7 heterocycles. The molecular weight excluding hydrogens is 597 g/mol. The molecule has 13 heteroatoms. The zero-order valence-corrected chi connectivity index (χ0v) is 26.8. The second-order valence-electron chi connectivity index (χ2n) is 11.7. The number of nitrogens with one attached hydrogen (secondary N) is 2. The van der Waals surface area contributed by atoms with Gasteiger partial charge in [0.05, 0.1) is 58.3 Å². The lowest BCUT2D eigenvalue weighted by Gasteiger charge is -2.41. The van der Waals surface area contributed by atoms with Crippen molar-refractivity contribution in [2.24, 2.45) is 0 Å². The Labute approximate surface area is 262 Å². The van der Waals surface area contributed by atoms with Crippen LogP contribution in [-0.4, -0.2) is 75.6 Å². The van der Waals surface area contributed by atoms with Gasteiger partial charge in [0.1, 0.15) is 9.66 Å². The van der Waals surface area contributed by atoms with Crippen LogP contribution in [0.5, 0.6) is 0 Å². The number of rotatable bonds is 7. The topological polar surface area (TPSA) is 135 Å². The number of anilines is 1. The number of hydrogen-bond donors (Lipinski definition) is 2. The molecule has 0 radical (unpaired) electrons. The summed E-state index contributed by atoms with van der Waals surface area (Å²) in [5.74, 6) is -0.157. The van der Waals surface area contributed by atoms with E-state index in [1.807, 2.05) is 47.0 Å². The second-order valence-corrected chi connectivity index (χ2v) is 13.7. The monoisotopic (exact) mass is 628 g/mol. The first kappa shape index (κ1) is 28.7. The summed E-state index contributed by atoms with van der Waals surface area (Å²) < 4.78 is 5.20. The fourth-order valence-corrected chi connectivity index (χ4v) is 8.02. The summed E-state index contributed by atoms with van der Waals surface area (Å²) in [6.45, 7) is 12.4. The Morgan fingerprint density at radius 2 is 1.43 bits per heavy atom. The van der Waals surface area contributed by atoms with Crippen LogP contribution in [0.15, 0.2) is 18.5 Å². The van der Waals surface area contributed by atoms with E-state index in [1.54, 1.807) is 0 Å². The summed E-state index contributed by atoms with van der Waals surface area (Å²) in [5.41, 5.74) is 7.78. The molecule has 2 amide bonds. The summed E-state index contributed by atoms with van der Waals surface area (Å²) in [4.78, 5) is 35.8. The van der Waals surface area contributed by atoms with Crippen LogP contribution in [0.25, 0.3) is 20.4 Å². The maximum Gasteiger partial charge on any atom is 0.262 e. The molecule has 5 aromatic rings. The van der Waals surface area contributed by atoms with Crippen molar-refractivity contribution in [3.05, 3.63) is 67.4 Å². The highest BCUT2D eigenvalue weighted by molar-refractivity contribution is 7.21. The quantitative estimate of drug-likeness (QED) is 0.275. The van der Waals surface area contributed by atoms with Gasteiger partial charge in [0.15, 0.2) is 0 Å². The van der Waals surface area contributed by atoms with Crippen molar-refractivity contribution in [2.75, 3.05) is 31.2 Å². The number of carbonyl (C=O) groups is 2. The SMILES string of the molecule is Cc1nnc2sc(C(=O)NC3CN(c4cncc(Cc5c(C)nnc6sc(C(=O)NC7COC7)c(C)c56)c4)C3)c(C)c2c1C. The van der Waals surface area contributed by atoms with E-state index in [-0.39, 0.29) is 23.9 Å². The van der Waals surface area contributed by atoms with Crippen LogP contribution in [-0.2, 0) is 11.2 Å². The molecule has 0 spiro atoms. The van der Waals surface area contributed by atoms with E-state index in [0.29, 0.717) is 42.5 Å². The third-order valence-electron chi connectivity index (χ3n) is 8.62. The van der Waals surface area contributed by atoms with E-state index in [2.05, 4.69) is 47.0 Å². The predicted octanol–water partition coefficient (Wildman–Crippen LogP) is 3.97. The third kappa shape index (κ3) is 4.98. The molecule has 5 aromatic heterocycles. The minimum Gasteiger partial charge on any atom is -0.377 e. The normalized spacial score (nSPS) is 15.4. The molecule has 44 heavy (non-hydrogen) atoms. The molecule has 2 fully saturated rings. The lowest BCUT2D eigenvalue weighted by molar-refractivity contribution is -0.00339. The van der Waals surface area contributed by atoms with Gasteiger partial charge in [-0.3, -0.25) is 14.6 Å². The van der Waals surface area contributed by atoms with Gasteiger partial charge in [-0.1, -0.05) is 0 Å². The zero-order valence-electron chi connectivity index (χ0n) is 25.1. The molecule has 0 bridgehead atoms. The molecule has 0 aromatic carbocycles. The van der Waals surface area contributed by atoms with Crippen LogP contribution in [0, 0.1) is 34.6 Å². The van der Waals surface area contributed by atoms with Gasteiger partial charge in [-0.25, -0.2) is 0 Å². The Morgan fingerprint density at radius 3 is 2.09 bits per heavy atom. The molecule has 2 N–H and O–H groups in total. The summed E-state index contributed by atoms with van der Waals surface area (Å²) in [7, 11) is 0. The molecule has 0 atom stereocenters. The Morgan fingerprint density at radius 1 is 0.818 bits per heavy atom. The Kier molecular flexibility index (Phi) is 7.26. The van der Waals surface area contributed by atoms with Crippen LogP contribution in [0.2, 0.25) is 0 Å². The van der Waals surface area contributed by atoms with Crippen LogP contribution in [0.1, 0.15) is 58.5 Å². The fourth-order valence-electron chi connectivity index (χ4n) is 5.87. The number of amides is 2. The minimum atomic E-state index is -0.0908. The van der Waals surface area contributed by atoms with Crippen LogP contribution < -0.4 is 15.5 Å². The first-order valence-corrected chi connectivity index (χ1v) is 16.2. The van der Waals surface area contributed by atoms with E-state index in [1.165, 1.54) is 22.7 Å². The van der Waals surface area contributed by atoms with Crippen molar-refractivity contribution < 1.29 is 14.3 Å². The standard InChI is InChI=1S/C31H32N8O3S2/c1-14-17(4)35-37-30-24(14)15(2)26(43-30)28(40)33-20-10-39(11-20)22-6-19(8-32-9-22)7-23-18(5)36-38-31-25(23)16(3)27(44-31)29(41)34-21-12-42-13-21/h6,8-9,20-21H,7,10-13H2,1-5H3,(H,33,40)(H,34,41). The van der Waals surface area contributed by atoms with Crippen molar-refractivity contribution >= 4 is 60.6 Å². The summed E-state index contributed by atoms with van der Waals surface area (Å²) in [6.07, 6.45) is 4.35. The highest BCUT2D eigenvalue weighted by Gasteiger charge is 2.31. The summed E-state index contributed by atoms with van der Waals surface area (Å²) >= 11 is 2.78. The smallest absolute Gasteiger partial charge is 0.262 e. The number of ether oxygens (including phenoxy) is 1. The van der Waals surface area contributed by atoms with Gasteiger partial charge in [-0.05, 0) is 68.5 Å². The van der Waals surface area contributed by atoms with Gasteiger partial charge >= 0.3 is 0 Å². The second kappa shape index (κ2) is 11.1. The van der Waals surface area contributed by atoms with Gasteiger partial charge in [0.25, 0.3) is 11.8 Å². The molecule has 0 aliphatic carbocycles. The lowest BCUT2D eigenvalue weighted by atomic mass is 9.99. The van der Waals surface area contributed by atoms with E-state index < -0.39 is 0 Å².